The molecule has 0 bridgehead atoms. The molecule has 82 valence electrons. The van der Waals surface area contributed by atoms with Crippen LogP contribution in [0.15, 0.2) is 12.2 Å². The van der Waals surface area contributed by atoms with Gasteiger partial charge in [-0.15, -0.1) is 0 Å². The van der Waals surface area contributed by atoms with Crippen molar-refractivity contribution in [3.63, 3.8) is 0 Å². The van der Waals surface area contributed by atoms with Crippen molar-refractivity contribution in [3.8, 4) is 0 Å². The maximum Gasteiger partial charge on any atom is 0.228 e. The van der Waals surface area contributed by atoms with Crippen LogP contribution in [-0.4, -0.2) is 29.6 Å². The van der Waals surface area contributed by atoms with Gasteiger partial charge in [0.1, 0.15) is 0 Å². The Kier molecular flexibility index (Phi) is 2.28. The monoisotopic (exact) mass is 206 g/mol. The topological polar surface area (TPSA) is 32.3 Å². The van der Waals surface area contributed by atoms with Gasteiger partial charge in [-0.2, -0.15) is 0 Å². The molecule has 0 aromatic carbocycles. The second kappa shape index (κ2) is 3.63. The summed E-state index contributed by atoms with van der Waals surface area (Å²) in [7, 11) is 0. The summed E-state index contributed by atoms with van der Waals surface area (Å²) >= 11 is 0. The van der Waals surface area contributed by atoms with Crippen LogP contribution in [0.1, 0.15) is 32.1 Å². The molecular formula is C12H18N2O. The largest absolute Gasteiger partial charge is 0.327 e. The third-order valence-corrected chi connectivity index (χ3v) is 3.94. The molecule has 1 amide bonds. The summed E-state index contributed by atoms with van der Waals surface area (Å²) in [6.07, 6.45) is 10.2. The van der Waals surface area contributed by atoms with E-state index in [9.17, 15) is 4.79 Å². The Morgan fingerprint density at radius 1 is 1.27 bits per heavy atom. The normalized spacial score (nSPS) is 39.9. The van der Waals surface area contributed by atoms with Crippen LogP contribution < -0.4 is 5.32 Å². The molecule has 3 rings (SSSR count). The van der Waals surface area contributed by atoms with Crippen molar-refractivity contribution in [2.75, 3.05) is 6.54 Å². The number of carbonyl (C=O) groups excluding carboxylic acids is 1. The predicted octanol–water partition coefficient (Wildman–Crippen LogP) is 1.26. The maximum atomic E-state index is 12.2. The average molecular weight is 206 g/mol. The van der Waals surface area contributed by atoms with E-state index in [1.165, 1.54) is 12.8 Å². The lowest BCUT2D eigenvalue weighted by Gasteiger charge is -2.47. The number of allylic oxidation sites excluding steroid dienone is 1. The molecule has 2 aliphatic heterocycles. The van der Waals surface area contributed by atoms with Gasteiger partial charge >= 0.3 is 0 Å². The van der Waals surface area contributed by atoms with Crippen molar-refractivity contribution < 1.29 is 4.79 Å². The van der Waals surface area contributed by atoms with Crippen molar-refractivity contribution in [2.45, 2.75) is 44.3 Å². The summed E-state index contributed by atoms with van der Waals surface area (Å²) in [5, 5.41) is 3.64. The number of nitrogens with one attached hydrogen (secondary N) is 1. The standard InChI is InChI=1S/C12H18N2O/c15-12-9-5-1-2-6-10(9)13-11-7-3-4-8-14(11)12/h1-2,9-11,13H,3-8H2/t9-,10-,11-/m1/s1. The molecule has 0 aromatic heterocycles. The summed E-state index contributed by atoms with van der Waals surface area (Å²) in [5.74, 6) is 0.608. The molecule has 1 aliphatic carbocycles. The number of nitrogens with zero attached hydrogens (tertiary/aromatic N) is 1. The van der Waals surface area contributed by atoms with E-state index >= 15 is 0 Å². The van der Waals surface area contributed by atoms with Gasteiger partial charge in [-0.25, -0.2) is 0 Å². The van der Waals surface area contributed by atoms with Crippen LogP contribution >= 0.6 is 0 Å². The zero-order valence-corrected chi connectivity index (χ0v) is 8.98. The Morgan fingerprint density at radius 2 is 2.13 bits per heavy atom. The van der Waals surface area contributed by atoms with E-state index in [1.54, 1.807) is 0 Å². The molecule has 3 nitrogen and oxygen atoms in total. The number of rotatable bonds is 0. The highest BCUT2D eigenvalue weighted by Crippen LogP contribution is 2.30. The Bertz CT molecular complexity index is 300. The second-order valence-corrected chi connectivity index (χ2v) is 4.87. The first-order valence-electron chi connectivity index (χ1n) is 6.08. The lowest BCUT2D eigenvalue weighted by atomic mass is 9.84. The maximum absolute atomic E-state index is 12.2. The summed E-state index contributed by atoms with van der Waals surface area (Å²) < 4.78 is 0. The quantitative estimate of drug-likeness (QED) is 0.605. The van der Waals surface area contributed by atoms with Gasteiger partial charge < -0.3 is 4.90 Å². The Labute approximate surface area is 90.5 Å². The van der Waals surface area contributed by atoms with Crippen molar-refractivity contribution in [2.24, 2.45) is 5.92 Å². The number of fused-ring (bicyclic) bond motifs is 2. The Balaban J connectivity index is 1.83. The fourth-order valence-corrected chi connectivity index (χ4v) is 3.10. The molecule has 1 N–H and O–H groups in total. The Hall–Kier alpha value is -0.830. The van der Waals surface area contributed by atoms with E-state index in [0.717, 1.165) is 25.8 Å². The predicted molar refractivity (Wildman–Crippen MR) is 58.1 cm³/mol. The van der Waals surface area contributed by atoms with Crippen molar-refractivity contribution >= 4 is 5.91 Å². The Morgan fingerprint density at radius 3 is 3.07 bits per heavy atom. The SMILES string of the molecule is O=C1[C@@H]2CC=CC[C@H]2N[C@H]2CCCCN12. The minimum absolute atomic E-state index is 0.212. The third kappa shape index (κ3) is 1.49. The van der Waals surface area contributed by atoms with E-state index < -0.39 is 0 Å². The fourth-order valence-electron chi connectivity index (χ4n) is 3.10. The van der Waals surface area contributed by atoms with Crippen LogP contribution in [0.2, 0.25) is 0 Å². The highest BCUT2D eigenvalue weighted by molar-refractivity contribution is 5.81. The molecule has 15 heavy (non-hydrogen) atoms. The number of hydrogen-bond acceptors (Lipinski definition) is 2. The van der Waals surface area contributed by atoms with E-state index in [4.69, 9.17) is 0 Å². The van der Waals surface area contributed by atoms with Gasteiger partial charge in [0.05, 0.1) is 12.1 Å². The highest BCUT2D eigenvalue weighted by atomic mass is 16.2. The minimum atomic E-state index is 0.212. The second-order valence-electron chi connectivity index (χ2n) is 4.87. The van der Waals surface area contributed by atoms with Crippen LogP contribution in [0.4, 0.5) is 0 Å². The van der Waals surface area contributed by atoms with Crippen molar-refractivity contribution in [3.05, 3.63) is 12.2 Å². The van der Waals surface area contributed by atoms with Crippen LogP contribution in [0.3, 0.4) is 0 Å². The molecule has 0 saturated carbocycles. The zero-order chi connectivity index (χ0) is 10.3. The number of hydrogen-bond donors (Lipinski definition) is 1. The number of amides is 1. The molecule has 3 atom stereocenters. The first-order chi connectivity index (χ1) is 7.36. The van der Waals surface area contributed by atoms with E-state index in [1.807, 2.05) is 0 Å². The number of carbonyl (C=O) groups is 1. The molecule has 3 aliphatic rings. The fraction of sp³-hybridized carbons (Fsp3) is 0.750. The van der Waals surface area contributed by atoms with Gasteiger partial charge in [-0.05, 0) is 32.1 Å². The number of piperidine rings is 1. The van der Waals surface area contributed by atoms with Gasteiger partial charge in [0.15, 0.2) is 0 Å². The van der Waals surface area contributed by atoms with Crippen LogP contribution in [0.5, 0.6) is 0 Å². The lowest BCUT2D eigenvalue weighted by Crippen LogP contribution is -2.64. The lowest BCUT2D eigenvalue weighted by molar-refractivity contribution is -0.146. The molecule has 0 spiro atoms. The van der Waals surface area contributed by atoms with Gasteiger partial charge in [-0.3, -0.25) is 10.1 Å². The molecule has 3 heteroatoms. The smallest absolute Gasteiger partial charge is 0.228 e. The van der Waals surface area contributed by atoms with E-state index in [2.05, 4.69) is 22.4 Å². The molecule has 0 unspecified atom stereocenters. The van der Waals surface area contributed by atoms with E-state index in [-0.39, 0.29) is 5.92 Å². The van der Waals surface area contributed by atoms with Gasteiger partial charge in [0.2, 0.25) is 5.91 Å². The van der Waals surface area contributed by atoms with Gasteiger partial charge in [0.25, 0.3) is 0 Å². The van der Waals surface area contributed by atoms with Crippen LogP contribution in [0, 0.1) is 5.92 Å². The molecule has 0 radical (unpaired) electrons. The molecule has 0 aromatic rings. The minimum Gasteiger partial charge on any atom is -0.327 e. The molecule has 2 heterocycles. The molecular weight excluding hydrogens is 188 g/mol. The first-order valence-corrected chi connectivity index (χ1v) is 6.08. The summed E-state index contributed by atoms with van der Waals surface area (Å²) in [6.45, 7) is 0.962. The average Bonchev–Trinajstić information content (AvgIpc) is 2.30. The molecule has 2 saturated heterocycles. The summed E-state index contributed by atoms with van der Waals surface area (Å²) in [6, 6.07) is 0.404. The van der Waals surface area contributed by atoms with Gasteiger partial charge in [-0.1, -0.05) is 12.2 Å². The summed E-state index contributed by atoms with van der Waals surface area (Å²) in [5.41, 5.74) is 0. The highest BCUT2D eigenvalue weighted by Gasteiger charge is 2.41. The third-order valence-electron chi connectivity index (χ3n) is 3.94. The molecule has 2 fully saturated rings. The first kappa shape index (κ1) is 9.40. The van der Waals surface area contributed by atoms with Gasteiger partial charge in [0, 0.05) is 12.6 Å². The van der Waals surface area contributed by atoms with Crippen molar-refractivity contribution in [1.29, 1.82) is 0 Å². The van der Waals surface area contributed by atoms with Crippen LogP contribution in [0.25, 0.3) is 0 Å². The van der Waals surface area contributed by atoms with E-state index in [0.29, 0.717) is 18.1 Å². The van der Waals surface area contributed by atoms with Crippen LogP contribution in [-0.2, 0) is 4.79 Å². The van der Waals surface area contributed by atoms with Crippen molar-refractivity contribution in [1.82, 2.24) is 10.2 Å². The zero-order valence-electron chi connectivity index (χ0n) is 8.98. The summed E-state index contributed by atoms with van der Waals surface area (Å²) in [4.78, 5) is 14.3.